The summed E-state index contributed by atoms with van der Waals surface area (Å²) in [6, 6.07) is 0.605. The van der Waals surface area contributed by atoms with Crippen LogP contribution in [0.5, 0.6) is 0 Å². The number of halogens is 5. The van der Waals surface area contributed by atoms with E-state index in [4.69, 9.17) is 4.74 Å². The molecule has 4 rings (SSSR count). The quantitative estimate of drug-likeness (QED) is 0.607. The Balaban J connectivity index is 1.57. The first-order chi connectivity index (χ1) is 17.1. The summed E-state index contributed by atoms with van der Waals surface area (Å²) >= 11 is 0. The third-order valence-corrected chi connectivity index (χ3v) is 6.14. The molecule has 14 heteroatoms. The third-order valence-electron chi connectivity index (χ3n) is 6.14. The normalized spacial score (nSPS) is 18.3. The lowest BCUT2D eigenvalue weighted by Gasteiger charge is -2.31. The Morgan fingerprint density at radius 1 is 1.14 bits per heavy atom. The van der Waals surface area contributed by atoms with Crippen molar-refractivity contribution in [2.45, 2.75) is 70.4 Å². The summed E-state index contributed by atoms with van der Waals surface area (Å²) in [5.74, 6) is -5.48. The molecular weight excluding hydrogens is 505 g/mol. The summed E-state index contributed by atoms with van der Waals surface area (Å²) in [4.78, 5) is 39.5. The number of alkyl halides is 3. The van der Waals surface area contributed by atoms with E-state index in [1.54, 1.807) is 20.8 Å². The molecule has 1 aliphatic heterocycles. The smallest absolute Gasteiger partial charge is 0.444 e. The van der Waals surface area contributed by atoms with Gasteiger partial charge < -0.3 is 19.5 Å². The van der Waals surface area contributed by atoms with Gasteiger partial charge in [0, 0.05) is 43.5 Å². The van der Waals surface area contributed by atoms with Crippen LogP contribution in [0.1, 0.15) is 67.1 Å². The van der Waals surface area contributed by atoms with Crippen LogP contribution < -0.4 is 5.32 Å². The monoisotopic (exact) mass is 529 g/mol. The maximum Gasteiger partial charge on any atom is 0.451 e. The fourth-order valence-corrected chi connectivity index (χ4v) is 4.54. The number of rotatable bonds is 4. The van der Waals surface area contributed by atoms with Gasteiger partial charge in [-0.1, -0.05) is 0 Å². The average molecular weight is 529 g/mol. The summed E-state index contributed by atoms with van der Waals surface area (Å²) in [7, 11) is 0. The van der Waals surface area contributed by atoms with Crippen LogP contribution >= 0.6 is 0 Å². The van der Waals surface area contributed by atoms with Gasteiger partial charge in [-0.2, -0.15) is 13.2 Å². The van der Waals surface area contributed by atoms with Gasteiger partial charge in [0.05, 0.1) is 6.54 Å². The van der Waals surface area contributed by atoms with E-state index in [1.807, 2.05) is 0 Å². The number of nitrogens with zero attached hydrogens (tertiary/aromatic N) is 4. The number of hydrogen-bond acceptors (Lipinski definition) is 6. The minimum atomic E-state index is -4.70. The van der Waals surface area contributed by atoms with E-state index < -0.39 is 59.0 Å². The van der Waals surface area contributed by atoms with Crippen LogP contribution in [0.2, 0.25) is 0 Å². The molecule has 37 heavy (non-hydrogen) atoms. The molecule has 0 spiro atoms. The highest BCUT2D eigenvalue weighted by atomic mass is 19.4. The number of ether oxygens (including phenoxy) is 1. The second kappa shape index (κ2) is 9.38. The zero-order chi connectivity index (χ0) is 27.3. The second-order valence-corrected chi connectivity index (χ2v) is 9.95. The molecule has 1 aliphatic carbocycles. The second-order valence-electron chi connectivity index (χ2n) is 9.95. The number of aromatic nitrogens is 3. The molecule has 2 heterocycles. The molecule has 2 atom stereocenters. The molecular formula is C23H24F5N5O4. The first kappa shape index (κ1) is 26.5. The van der Waals surface area contributed by atoms with E-state index in [-0.39, 0.29) is 49.4 Å². The van der Waals surface area contributed by atoms with Crippen LogP contribution in [0.15, 0.2) is 12.1 Å². The van der Waals surface area contributed by atoms with Crippen LogP contribution in [0, 0.1) is 11.6 Å². The molecule has 2 unspecified atom stereocenters. The standard InChI is InChI=1S/C23H24F5N5O4/c1-22(2,3)37-21(36)29-16(12-8-17(34)13-7-15(25)14(24)6-11(12)13)9-19(35)32-4-5-33-18(10-32)30-31-20(33)23(26,27)28/h6-7,12,16H,4-5,8-10H2,1-3H3,(H,29,36). The van der Waals surface area contributed by atoms with E-state index >= 15 is 0 Å². The number of nitrogens with one attached hydrogen (secondary N) is 1. The van der Waals surface area contributed by atoms with Crippen LogP contribution in [0.3, 0.4) is 0 Å². The highest BCUT2D eigenvalue weighted by molar-refractivity contribution is 6.01. The Kier molecular flexibility index (Phi) is 6.71. The fraction of sp³-hybridized carbons (Fsp3) is 0.522. The van der Waals surface area contributed by atoms with Crippen molar-refractivity contribution < 1.29 is 41.1 Å². The summed E-state index contributed by atoms with van der Waals surface area (Å²) in [6.07, 6.45) is -6.18. The highest BCUT2D eigenvalue weighted by Gasteiger charge is 2.42. The largest absolute Gasteiger partial charge is 0.451 e. The molecule has 2 aliphatic rings. The van der Waals surface area contributed by atoms with Crippen molar-refractivity contribution in [2.75, 3.05) is 6.54 Å². The Labute approximate surface area is 208 Å². The van der Waals surface area contributed by atoms with Crippen molar-refractivity contribution in [1.82, 2.24) is 25.0 Å². The lowest BCUT2D eigenvalue weighted by molar-refractivity contribution is -0.148. The molecule has 2 aromatic rings. The van der Waals surface area contributed by atoms with Crippen molar-refractivity contribution in [3.8, 4) is 0 Å². The minimum absolute atomic E-state index is 0.0434. The molecule has 0 saturated carbocycles. The number of alkyl carbamates (subject to hydrolysis) is 1. The van der Waals surface area contributed by atoms with Crippen molar-refractivity contribution in [3.05, 3.63) is 46.5 Å². The summed E-state index contributed by atoms with van der Waals surface area (Å²) < 4.78 is 73.3. The van der Waals surface area contributed by atoms with Gasteiger partial charge in [0.1, 0.15) is 5.60 Å². The van der Waals surface area contributed by atoms with E-state index in [0.29, 0.717) is 0 Å². The molecule has 1 aromatic heterocycles. The predicted octanol–water partition coefficient (Wildman–Crippen LogP) is 3.57. The number of ketones is 1. The molecule has 2 amide bonds. The van der Waals surface area contributed by atoms with Crippen molar-refractivity contribution in [3.63, 3.8) is 0 Å². The van der Waals surface area contributed by atoms with Crippen LogP contribution in [-0.4, -0.2) is 55.6 Å². The molecule has 1 N–H and O–H groups in total. The van der Waals surface area contributed by atoms with Gasteiger partial charge in [-0.05, 0) is 38.5 Å². The SMILES string of the molecule is CC(C)(C)OC(=O)NC(CC(=O)N1CCn2c(nnc2C(F)(F)F)C1)C1CC(=O)c2cc(F)c(F)cc21. The van der Waals surface area contributed by atoms with Crippen LogP contribution in [-0.2, 0) is 28.8 Å². The van der Waals surface area contributed by atoms with Gasteiger partial charge >= 0.3 is 12.3 Å². The zero-order valence-electron chi connectivity index (χ0n) is 20.2. The molecule has 200 valence electrons. The van der Waals surface area contributed by atoms with E-state index in [2.05, 4.69) is 15.5 Å². The number of benzene rings is 1. The number of amides is 2. The third kappa shape index (κ3) is 5.57. The van der Waals surface area contributed by atoms with Crippen LogP contribution in [0.4, 0.5) is 26.7 Å². The number of fused-ring (bicyclic) bond motifs is 2. The molecule has 0 fully saturated rings. The molecule has 9 nitrogen and oxygen atoms in total. The van der Waals surface area contributed by atoms with Gasteiger partial charge in [0.15, 0.2) is 23.2 Å². The Morgan fingerprint density at radius 2 is 1.81 bits per heavy atom. The predicted molar refractivity (Wildman–Crippen MR) is 116 cm³/mol. The van der Waals surface area contributed by atoms with Crippen molar-refractivity contribution in [1.29, 1.82) is 0 Å². The van der Waals surface area contributed by atoms with Crippen molar-refractivity contribution >= 4 is 17.8 Å². The van der Waals surface area contributed by atoms with Gasteiger partial charge in [0.2, 0.25) is 11.7 Å². The average Bonchev–Trinajstić information content (AvgIpc) is 3.33. The molecule has 1 aromatic carbocycles. The van der Waals surface area contributed by atoms with Gasteiger partial charge in [-0.15, -0.1) is 10.2 Å². The Bertz CT molecular complexity index is 1250. The first-order valence-electron chi connectivity index (χ1n) is 11.4. The highest BCUT2D eigenvalue weighted by Crippen LogP contribution is 2.38. The maximum absolute atomic E-state index is 14.0. The fourth-order valence-electron chi connectivity index (χ4n) is 4.54. The van der Waals surface area contributed by atoms with Gasteiger partial charge in [-0.3, -0.25) is 9.59 Å². The Hall–Kier alpha value is -3.58. The van der Waals surface area contributed by atoms with Crippen LogP contribution in [0.25, 0.3) is 0 Å². The zero-order valence-corrected chi connectivity index (χ0v) is 20.2. The Morgan fingerprint density at radius 3 is 2.46 bits per heavy atom. The first-order valence-corrected chi connectivity index (χ1v) is 11.4. The summed E-state index contributed by atoms with van der Waals surface area (Å²) in [6.45, 7) is 4.35. The van der Waals surface area contributed by atoms with E-state index in [0.717, 1.165) is 16.7 Å². The number of carbonyl (C=O) groups is 3. The maximum atomic E-state index is 14.0. The van der Waals surface area contributed by atoms with Crippen molar-refractivity contribution in [2.24, 2.45) is 0 Å². The summed E-state index contributed by atoms with van der Waals surface area (Å²) in [5.41, 5.74) is -0.784. The number of carbonyl (C=O) groups excluding carboxylic acids is 3. The lowest BCUT2D eigenvalue weighted by Crippen LogP contribution is -2.46. The molecule has 0 bridgehead atoms. The lowest BCUT2D eigenvalue weighted by atomic mass is 9.90. The number of Topliss-reactive ketones (excluding diaryl/α,β-unsaturated/α-hetero) is 1. The van der Waals surface area contributed by atoms with E-state index in [9.17, 15) is 36.3 Å². The molecule has 0 radical (unpaired) electrons. The minimum Gasteiger partial charge on any atom is -0.444 e. The van der Waals surface area contributed by atoms with Gasteiger partial charge in [0.25, 0.3) is 0 Å². The summed E-state index contributed by atoms with van der Waals surface area (Å²) in [5, 5.41) is 9.29. The topological polar surface area (TPSA) is 106 Å². The number of hydrogen-bond donors (Lipinski definition) is 1. The van der Waals surface area contributed by atoms with E-state index in [1.165, 1.54) is 4.90 Å². The molecule has 0 saturated heterocycles. The van der Waals surface area contributed by atoms with Gasteiger partial charge in [-0.25, -0.2) is 13.6 Å².